The molecule has 1 aliphatic carbocycles. The molecule has 0 bridgehead atoms. The van der Waals surface area contributed by atoms with Gasteiger partial charge in [-0.05, 0) is 22.4 Å². The van der Waals surface area contributed by atoms with Gasteiger partial charge in [-0.2, -0.15) is 0 Å². The van der Waals surface area contributed by atoms with Crippen LogP contribution < -0.4 is 0 Å². The Morgan fingerprint density at radius 1 is 0.826 bits per heavy atom. The molecule has 0 heterocycles. The molecule has 0 aromatic heterocycles. The monoisotopic (exact) mass is 368 g/mol. The zero-order chi connectivity index (χ0) is 18.4. The lowest BCUT2D eigenvalue weighted by Gasteiger charge is -2.44. The van der Waals surface area contributed by atoms with Gasteiger partial charge in [0.15, 0.2) is 0 Å². The van der Waals surface area contributed by atoms with Crippen molar-refractivity contribution in [3.63, 3.8) is 0 Å². The second-order valence-corrected chi connectivity index (χ2v) is 25.2. The number of hydrogen-bond acceptors (Lipinski definition) is 0. The van der Waals surface area contributed by atoms with Gasteiger partial charge in [-0.25, -0.2) is 0 Å². The van der Waals surface area contributed by atoms with Crippen LogP contribution in [0.25, 0.3) is 0 Å². The molecule has 0 nitrogen and oxygen atoms in total. The molecule has 1 unspecified atom stereocenters. The fourth-order valence-corrected chi connectivity index (χ4v) is 14.1. The molecule has 0 aliphatic heterocycles. The molecular formula is C20H41PSi2. The minimum Gasteiger partial charge on any atom is -0.0947 e. The Hall–Kier alpha value is 0.344. The van der Waals surface area contributed by atoms with Crippen molar-refractivity contribution in [2.45, 2.75) is 91.1 Å². The maximum absolute atomic E-state index is 2.58. The molecule has 0 N–H and O–H groups in total. The smallest absolute Gasteiger partial charge is 0.0770 e. The number of allylic oxidation sites excluding steroid dienone is 4. The zero-order valence-corrected chi connectivity index (χ0v) is 20.8. The summed E-state index contributed by atoms with van der Waals surface area (Å²) in [7, 11) is -2.56. The maximum Gasteiger partial charge on any atom is 0.0770 e. The molecule has 0 fully saturated rings. The Labute approximate surface area is 150 Å². The van der Waals surface area contributed by atoms with E-state index in [1.54, 1.807) is 5.20 Å². The van der Waals surface area contributed by atoms with Crippen LogP contribution in [-0.2, 0) is 0 Å². The summed E-state index contributed by atoms with van der Waals surface area (Å²) in [5, 5.41) is 4.51. The lowest BCUT2D eigenvalue weighted by atomic mass is 10.2. The van der Waals surface area contributed by atoms with Crippen LogP contribution in [0.4, 0.5) is 0 Å². The predicted molar refractivity (Wildman–Crippen MR) is 118 cm³/mol. The van der Waals surface area contributed by atoms with Crippen molar-refractivity contribution in [3.05, 3.63) is 22.5 Å². The first-order valence-electron chi connectivity index (χ1n) is 9.17. The summed E-state index contributed by atoms with van der Waals surface area (Å²) in [6.45, 7) is 30.0. The molecule has 23 heavy (non-hydrogen) atoms. The normalized spacial score (nSPS) is 20.8. The van der Waals surface area contributed by atoms with Gasteiger partial charge in [-0.3, -0.25) is 0 Å². The zero-order valence-electron chi connectivity index (χ0n) is 17.9. The first-order valence-corrected chi connectivity index (χ1v) is 17.7. The first kappa shape index (κ1) is 21.4. The summed E-state index contributed by atoms with van der Waals surface area (Å²) < 4.78 is 0. The van der Waals surface area contributed by atoms with Gasteiger partial charge in [-0.15, -0.1) is 0 Å². The van der Waals surface area contributed by atoms with Gasteiger partial charge in [0.2, 0.25) is 0 Å². The van der Waals surface area contributed by atoms with E-state index in [1.807, 2.05) is 5.20 Å². The highest BCUT2D eigenvalue weighted by molar-refractivity contribution is 7.60. The molecule has 0 amide bonds. The molecule has 0 aromatic rings. The molecule has 1 atom stereocenters. The van der Waals surface area contributed by atoms with E-state index in [0.29, 0.717) is 16.2 Å². The third kappa shape index (κ3) is 5.41. The van der Waals surface area contributed by atoms with Crippen LogP contribution in [0.3, 0.4) is 0 Å². The van der Waals surface area contributed by atoms with Gasteiger partial charge in [0, 0.05) is 0 Å². The quantitative estimate of drug-likeness (QED) is 0.360. The molecule has 1 aliphatic rings. The Bertz CT molecular complexity index is 474. The van der Waals surface area contributed by atoms with Gasteiger partial charge >= 0.3 is 0 Å². The third-order valence-corrected chi connectivity index (χ3v) is 13.3. The summed E-state index contributed by atoms with van der Waals surface area (Å²) >= 11 is 0. The van der Waals surface area contributed by atoms with Crippen LogP contribution in [0.1, 0.15) is 41.5 Å². The summed E-state index contributed by atoms with van der Waals surface area (Å²) in [5.41, 5.74) is 0. The summed E-state index contributed by atoms with van der Waals surface area (Å²) in [6, 6.07) is 0. The average molecular weight is 369 g/mol. The molecule has 0 radical (unpaired) electrons. The van der Waals surface area contributed by atoms with E-state index in [1.165, 1.54) is 6.16 Å². The van der Waals surface area contributed by atoms with Crippen LogP contribution in [0.15, 0.2) is 22.5 Å². The highest BCUT2D eigenvalue weighted by atomic mass is 31.1. The molecule has 1 rings (SSSR count). The molecule has 0 saturated heterocycles. The van der Waals surface area contributed by atoms with Crippen molar-refractivity contribution < 1.29 is 0 Å². The second kappa shape index (κ2) is 6.58. The molecule has 3 heteroatoms. The third-order valence-electron chi connectivity index (χ3n) is 4.77. The molecule has 0 aromatic carbocycles. The van der Waals surface area contributed by atoms with E-state index >= 15 is 0 Å². The lowest BCUT2D eigenvalue weighted by molar-refractivity contribution is 0.694. The van der Waals surface area contributed by atoms with Crippen LogP contribution in [-0.4, -0.2) is 32.6 Å². The number of hydrogen-bond donors (Lipinski definition) is 0. The number of rotatable bonds is 4. The largest absolute Gasteiger partial charge is 0.0947 e. The van der Waals surface area contributed by atoms with Crippen LogP contribution >= 0.6 is 7.92 Å². The summed E-state index contributed by atoms with van der Waals surface area (Å²) in [4.78, 5) is 0. The topological polar surface area (TPSA) is 0 Å². The standard InChI is InChI=1S/C20H41PSi2/c1-19(2,3)21(20(4,5)6)15-16-13-14-17(22(7,8)9)18(16)23(10,11)12/h13-14,16H,15H2,1-12H3. The summed E-state index contributed by atoms with van der Waals surface area (Å²) in [6.07, 6.45) is 6.49. The average Bonchev–Trinajstić information content (AvgIpc) is 2.64. The summed E-state index contributed by atoms with van der Waals surface area (Å²) in [5.74, 6) is 0.716. The van der Waals surface area contributed by atoms with Crippen molar-refractivity contribution in [2.75, 3.05) is 6.16 Å². The Morgan fingerprint density at radius 3 is 1.57 bits per heavy atom. The van der Waals surface area contributed by atoms with E-state index in [2.05, 4.69) is 93.0 Å². The molecule has 0 spiro atoms. The minimum absolute atomic E-state index is 0.0302. The van der Waals surface area contributed by atoms with Crippen molar-refractivity contribution >= 4 is 24.1 Å². The van der Waals surface area contributed by atoms with Gasteiger partial charge in [0.25, 0.3) is 0 Å². The Kier molecular flexibility index (Phi) is 6.11. The highest BCUT2D eigenvalue weighted by Crippen LogP contribution is 2.61. The molecule has 0 saturated carbocycles. The molecule has 134 valence electrons. The van der Waals surface area contributed by atoms with E-state index in [-0.39, 0.29) is 7.92 Å². The highest BCUT2D eigenvalue weighted by Gasteiger charge is 2.41. The van der Waals surface area contributed by atoms with Gasteiger partial charge in [0.05, 0.1) is 16.1 Å². The van der Waals surface area contributed by atoms with Crippen LogP contribution in [0, 0.1) is 5.92 Å². The maximum atomic E-state index is 2.58. The fraction of sp³-hybridized carbons (Fsp3) is 0.800. The van der Waals surface area contributed by atoms with Crippen molar-refractivity contribution in [1.82, 2.24) is 0 Å². The van der Waals surface area contributed by atoms with Gasteiger partial charge < -0.3 is 0 Å². The Morgan fingerprint density at radius 2 is 1.26 bits per heavy atom. The SMILES string of the molecule is CC(C)(C)P(CC1C=CC([Si](C)(C)C)=C1[Si](C)(C)C)C(C)(C)C. The van der Waals surface area contributed by atoms with Crippen molar-refractivity contribution in [1.29, 1.82) is 0 Å². The first-order chi connectivity index (χ1) is 9.95. The van der Waals surface area contributed by atoms with E-state index in [4.69, 9.17) is 0 Å². The van der Waals surface area contributed by atoms with Crippen molar-refractivity contribution in [3.8, 4) is 0 Å². The van der Waals surface area contributed by atoms with E-state index in [9.17, 15) is 0 Å². The van der Waals surface area contributed by atoms with E-state index < -0.39 is 16.1 Å². The fourth-order valence-electron chi connectivity index (χ4n) is 4.12. The van der Waals surface area contributed by atoms with Crippen LogP contribution in [0.2, 0.25) is 39.3 Å². The van der Waals surface area contributed by atoms with Gasteiger partial charge in [-0.1, -0.05) is 111 Å². The lowest BCUT2D eigenvalue weighted by Crippen LogP contribution is -2.36. The second-order valence-electron chi connectivity index (χ2n) is 11.2. The van der Waals surface area contributed by atoms with Gasteiger partial charge in [0.1, 0.15) is 0 Å². The molecular weight excluding hydrogens is 327 g/mol. The minimum atomic E-state index is -1.28. The van der Waals surface area contributed by atoms with Crippen LogP contribution in [0.5, 0.6) is 0 Å². The van der Waals surface area contributed by atoms with Crippen molar-refractivity contribution in [2.24, 2.45) is 5.92 Å². The van der Waals surface area contributed by atoms with E-state index in [0.717, 1.165) is 0 Å². The Balaban J connectivity index is 3.28. The predicted octanol–water partition coefficient (Wildman–Crippen LogP) is 7.30.